The summed E-state index contributed by atoms with van der Waals surface area (Å²) in [4.78, 5) is 37.5. The minimum absolute atomic E-state index is 0.204. The summed E-state index contributed by atoms with van der Waals surface area (Å²) in [5.74, 6) is 0.373. The first-order chi connectivity index (χ1) is 18.3. The van der Waals surface area contributed by atoms with Crippen LogP contribution in [0, 0.1) is 20.8 Å². The first-order valence-corrected chi connectivity index (χ1v) is 13.1. The normalized spacial score (nSPS) is 15.1. The first kappa shape index (κ1) is 25.9. The quantitative estimate of drug-likeness (QED) is 0.297. The van der Waals surface area contributed by atoms with Crippen molar-refractivity contribution >= 4 is 34.2 Å². The topological polar surface area (TPSA) is 109 Å². The van der Waals surface area contributed by atoms with Crippen LogP contribution in [0.3, 0.4) is 0 Å². The number of anilines is 1. The smallest absolute Gasteiger partial charge is 0.260 e. The second-order valence-electron chi connectivity index (χ2n) is 9.75. The number of carbonyl (C=O) groups excluding carboxylic acids is 1. The van der Waals surface area contributed by atoms with Gasteiger partial charge in [-0.3, -0.25) is 9.59 Å². The highest BCUT2D eigenvalue weighted by atomic mass is 35.5. The molecule has 9 heteroatoms. The van der Waals surface area contributed by atoms with E-state index in [2.05, 4.69) is 32.5 Å². The van der Waals surface area contributed by atoms with Crippen LogP contribution < -0.4 is 20.9 Å². The predicted octanol–water partition coefficient (Wildman–Crippen LogP) is 5.34. The minimum atomic E-state index is -0.425. The summed E-state index contributed by atoms with van der Waals surface area (Å²) in [6.45, 7) is 7.56. The lowest BCUT2D eigenvalue weighted by atomic mass is 9.95. The lowest BCUT2D eigenvalue weighted by Crippen LogP contribution is -2.24. The number of halogens is 1. The second kappa shape index (κ2) is 10.9. The molecule has 3 heterocycles. The zero-order valence-corrected chi connectivity index (χ0v) is 22.4. The number of fused-ring (bicyclic) bond motifs is 1. The third-order valence-corrected chi connectivity index (χ3v) is 7.53. The number of hydrogen-bond acceptors (Lipinski definition) is 6. The van der Waals surface area contributed by atoms with Gasteiger partial charge in [0.05, 0.1) is 28.3 Å². The van der Waals surface area contributed by atoms with Crippen LogP contribution in [-0.4, -0.2) is 40.1 Å². The van der Waals surface area contributed by atoms with E-state index in [-0.39, 0.29) is 16.1 Å². The van der Waals surface area contributed by atoms with Gasteiger partial charge in [0.2, 0.25) is 0 Å². The number of carbonyl (C=O) groups is 1. The highest BCUT2D eigenvalue weighted by Gasteiger charge is 2.22. The van der Waals surface area contributed by atoms with E-state index in [0.29, 0.717) is 40.7 Å². The van der Waals surface area contributed by atoms with Gasteiger partial charge in [-0.05, 0) is 87.0 Å². The molecule has 196 valence electrons. The van der Waals surface area contributed by atoms with E-state index in [9.17, 15) is 9.59 Å². The average Bonchev–Trinajstić information content (AvgIpc) is 3.40. The van der Waals surface area contributed by atoms with Crippen molar-refractivity contribution in [3.8, 4) is 16.9 Å². The maximum Gasteiger partial charge on any atom is 0.260 e. The second-order valence-corrected chi connectivity index (χ2v) is 10.2. The van der Waals surface area contributed by atoms with Crippen LogP contribution in [0.4, 0.5) is 5.82 Å². The molecule has 4 aromatic rings. The molecule has 1 saturated heterocycles. The fourth-order valence-corrected chi connectivity index (χ4v) is 5.16. The summed E-state index contributed by atoms with van der Waals surface area (Å²) in [7, 11) is 0. The molecular formula is C29H30ClN5O3. The Kier molecular flexibility index (Phi) is 7.44. The van der Waals surface area contributed by atoms with Gasteiger partial charge in [0.25, 0.3) is 11.5 Å². The Morgan fingerprint density at radius 2 is 1.97 bits per heavy atom. The summed E-state index contributed by atoms with van der Waals surface area (Å²) < 4.78 is 6.40. The number of rotatable bonds is 7. The van der Waals surface area contributed by atoms with Crippen molar-refractivity contribution < 1.29 is 9.53 Å². The predicted molar refractivity (Wildman–Crippen MR) is 150 cm³/mol. The van der Waals surface area contributed by atoms with E-state index in [1.54, 1.807) is 24.4 Å². The molecule has 0 unspecified atom stereocenters. The molecule has 3 N–H and O–H groups in total. The molecule has 2 aromatic heterocycles. The maximum absolute atomic E-state index is 13.5. The zero-order valence-electron chi connectivity index (χ0n) is 21.7. The lowest BCUT2D eigenvalue weighted by molar-refractivity contribution is 0.102. The molecule has 0 aliphatic carbocycles. The number of nitrogens with zero attached hydrogens (tertiary/aromatic N) is 2. The molecule has 0 spiro atoms. The van der Waals surface area contributed by atoms with Crippen molar-refractivity contribution in [2.45, 2.75) is 46.1 Å². The van der Waals surface area contributed by atoms with Crippen molar-refractivity contribution in [1.29, 1.82) is 0 Å². The number of aromatic nitrogens is 3. The largest absolute Gasteiger partial charge is 0.492 e. The number of nitrogens with one attached hydrogen (secondary N) is 3. The Hall–Kier alpha value is -3.75. The van der Waals surface area contributed by atoms with Gasteiger partial charge in [-0.2, -0.15) is 0 Å². The molecule has 8 nitrogen and oxygen atoms in total. The summed E-state index contributed by atoms with van der Waals surface area (Å²) in [6.07, 6.45) is 5.96. The summed E-state index contributed by atoms with van der Waals surface area (Å²) in [6, 6.07) is 9.25. The molecule has 1 atom stereocenters. The van der Waals surface area contributed by atoms with Gasteiger partial charge in [-0.1, -0.05) is 23.7 Å². The Balaban J connectivity index is 1.63. The SMILES string of the molecule is Cc1cc(-c2c(OCC[C@@H]3CCCN3)c3cc(C(=O)Nc4ccncn4)c(Cl)cc3[nH]c2=O)cc(C)c1C. The van der Waals surface area contributed by atoms with Crippen LogP contribution in [0.1, 0.15) is 46.3 Å². The molecule has 2 aromatic carbocycles. The highest BCUT2D eigenvalue weighted by Crippen LogP contribution is 2.37. The number of aryl methyl sites for hydroxylation is 2. The van der Waals surface area contributed by atoms with Gasteiger partial charge >= 0.3 is 0 Å². The first-order valence-electron chi connectivity index (χ1n) is 12.7. The molecule has 38 heavy (non-hydrogen) atoms. The van der Waals surface area contributed by atoms with Crippen molar-refractivity contribution in [2.75, 3.05) is 18.5 Å². The molecule has 1 fully saturated rings. The Bertz CT molecular complexity index is 1540. The number of H-pyrrole nitrogens is 1. The lowest BCUT2D eigenvalue weighted by Gasteiger charge is -2.18. The van der Waals surface area contributed by atoms with Crippen LogP contribution in [0.2, 0.25) is 5.02 Å². The van der Waals surface area contributed by atoms with E-state index in [1.807, 2.05) is 26.0 Å². The molecule has 5 rings (SSSR count). The van der Waals surface area contributed by atoms with Crippen molar-refractivity contribution in [3.63, 3.8) is 0 Å². The average molecular weight is 532 g/mol. The van der Waals surface area contributed by atoms with Gasteiger partial charge in [-0.15, -0.1) is 0 Å². The van der Waals surface area contributed by atoms with Gasteiger partial charge in [0.15, 0.2) is 0 Å². The summed E-state index contributed by atoms with van der Waals surface area (Å²) in [5.41, 5.74) is 5.02. The van der Waals surface area contributed by atoms with Crippen molar-refractivity contribution in [3.05, 3.63) is 80.5 Å². The molecule has 0 bridgehead atoms. The summed E-state index contributed by atoms with van der Waals surface area (Å²) >= 11 is 6.51. The van der Waals surface area contributed by atoms with E-state index < -0.39 is 5.91 Å². The zero-order chi connectivity index (χ0) is 26.8. The molecule has 1 amide bonds. The molecule has 1 aliphatic heterocycles. The van der Waals surface area contributed by atoms with E-state index in [1.165, 1.54) is 11.9 Å². The van der Waals surface area contributed by atoms with Crippen LogP contribution >= 0.6 is 11.6 Å². The third kappa shape index (κ3) is 5.28. The number of pyridine rings is 1. The number of benzene rings is 2. The number of aromatic amines is 1. The molecule has 0 saturated carbocycles. The van der Waals surface area contributed by atoms with E-state index in [0.717, 1.165) is 42.5 Å². The van der Waals surface area contributed by atoms with Crippen LogP contribution in [0.25, 0.3) is 22.0 Å². The van der Waals surface area contributed by atoms with Gasteiger partial charge < -0.3 is 20.4 Å². The minimum Gasteiger partial charge on any atom is -0.492 e. The number of ether oxygens (including phenoxy) is 1. The molecule has 0 radical (unpaired) electrons. The number of hydrogen-bond donors (Lipinski definition) is 3. The van der Waals surface area contributed by atoms with Crippen molar-refractivity contribution in [2.24, 2.45) is 0 Å². The van der Waals surface area contributed by atoms with Crippen LogP contribution in [0.5, 0.6) is 5.75 Å². The van der Waals surface area contributed by atoms with Crippen LogP contribution in [-0.2, 0) is 0 Å². The standard InChI is InChI=1S/C29H30ClN5O3/c1-16-11-19(12-17(2)18(16)3)26-27(38-10-7-20-5-4-8-32-20)22-13-21(23(30)14-24(22)34-29(26)37)28(36)35-25-6-9-31-15-33-25/h6,9,11-15,20,32H,4-5,7-8,10H2,1-3H3,(H,34,37)(H,31,33,35,36)/t20-/m0/s1. The van der Waals surface area contributed by atoms with E-state index in [4.69, 9.17) is 16.3 Å². The highest BCUT2D eigenvalue weighted by molar-refractivity contribution is 6.35. The Morgan fingerprint density at radius 3 is 2.66 bits per heavy atom. The third-order valence-electron chi connectivity index (χ3n) is 7.21. The van der Waals surface area contributed by atoms with Gasteiger partial charge in [0.1, 0.15) is 17.9 Å². The fraction of sp³-hybridized carbons (Fsp3) is 0.310. The fourth-order valence-electron chi connectivity index (χ4n) is 4.91. The molecule has 1 aliphatic rings. The Morgan fingerprint density at radius 1 is 1.18 bits per heavy atom. The Labute approximate surface area is 225 Å². The maximum atomic E-state index is 13.5. The van der Waals surface area contributed by atoms with Crippen molar-refractivity contribution in [1.82, 2.24) is 20.3 Å². The number of amides is 1. The van der Waals surface area contributed by atoms with E-state index >= 15 is 0 Å². The van der Waals surface area contributed by atoms with Crippen LogP contribution in [0.15, 0.2) is 47.7 Å². The molecular weight excluding hydrogens is 502 g/mol. The summed E-state index contributed by atoms with van der Waals surface area (Å²) in [5, 5.41) is 7.04. The monoisotopic (exact) mass is 531 g/mol. The van der Waals surface area contributed by atoms with Gasteiger partial charge in [-0.25, -0.2) is 9.97 Å². The van der Waals surface area contributed by atoms with Gasteiger partial charge in [0, 0.05) is 17.6 Å².